The molecular formula is C13H13Cl3Si2. The molecule has 0 radical (unpaired) electrons. The maximum absolute atomic E-state index is 6.82. The summed E-state index contributed by atoms with van der Waals surface area (Å²) in [5.41, 5.74) is 0. The molecule has 0 N–H and O–H groups in total. The molecule has 0 aliphatic heterocycles. The van der Waals surface area contributed by atoms with Gasteiger partial charge in [0.1, 0.15) is 0 Å². The Balaban J connectivity index is 2.47. The van der Waals surface area contributed by atoms with Crippen LogP contribution in [-0.2, 0) is 0 Å². The third kappa shape index (κ3) is 2.53. The van der Waals surface area contributed by atoms with E-state index in [1.807, 2.05) is 67.2 Å². The fraction of sp³-hybridized carbons (Fsp3) is 0.0769. The summed E-state index contributed by atoms with van der Waals surface area (Å²) in [5, 5.41) is 2.08. The Labute approximate surface area is 123 Å². The van der Waals surface area contributed by atoms with Crippen molar-refractivity contribution in [3.05, 3.63) is 60.7 Å². The van der Waals surface area contributed by atoms with Crippen LogP contribution in [0.1, 0.15) is 0 Å². The molecule has 0 aliphatic carbocycles. The van der Waals surface area contributed by atoms with Crippen LogP contribution in [0.15, 0.2) is 60.7 Å². The minimum atomic E-state index is -2.70. The molecule has 0 heterocycles. The molecule has 18 heavy (non-hydrogen) atoms. The number of benzene rings is 2. The van der Waals surface area contributed by atoms with Crippen molar-refractivity contribution in [3.8, 4) is 0 Å². The summed E-state index contributed by atoms with van der Waals surface area (Å²) in [6.07, 6.45) is -2.70. The van der Waals surface area contributed by atoms with Crippen LogP contribution in [0, 0.1) is 0 Å². The maximum Gasteiger partial charge on any atom is 0.289 e. The van der Waals surface area contributed by atoms with Gasteiger partial charge in [0.05, 0.1) is 0 Å². The Hall–Kier alpha value is -0.256. The van der Waals surface area contributed by atoms with Crippen molar-refractivity contribution in [1.29, 1.82) is 0 Å². The molecule has 0 saturated carbocycles. The molecule has 2 aromatic rings. The quantitative estimate of drug-likeness (QED) is 0.595. The van der Waals surface area contributed by atoms with Crippen LogP contribution in [0.25, 0.3) is 0 Å². The topological polar surface area (TPSA) is 0 Å². The molecule has 0 bridgehead atoms. The molecule has 0 nitrogen and oxygen atoms in total. The van der Waals surface area contributed by atoms with Gasteiger partial charge in [-0.1, -0.05) is 67.2 Å². The average molecular weight is 332 g/mol. The fourth-order valence-corrected chi connectivity index (χ4v) is 12.0. The van der Waals surface area contributed by atoms with Crippen molar-refractivity contribution in [1.82, 2.24) is 0 Å². The molecule has 0 aliphatic rings. The first-order valence-electron chi connectivity index (χ1n) is 5.64. The first-order chi connectivity index (χ1) is 8.46. The summed E-state index contributed by atoms with van der Waals surface area (Å²) in [6.45, 7) is -0.375. The summed E-state index contributed by atoms with van der Waals surface area (Å²) >= 11 is 20.3. The van der Waals surface area contributed by atoms with Crippen molar-refractivity contribution in [2.45, 2.75) is 6.55 Å². The van der Waals surface area contributed by atoms with Crippen molar-refractivity contribution >= 4 is 56.7 Å². The Bertz CT molecular complexity index is 463. The van der Waals surface area contributed by atoms with Crippen LogP contribution < -0.4 is 10.4 Å². The lowest BCUT2D eigenvalue weighted by atomic mass is 10.4. The second-order valence-electron chi connectivity index (χ2n) is 4.31. The van der Waals surface area contributed by atoms with E-state index in [0.29, 0.717) is 0 Å². The molecule has 0 aromatic heterocycles. The third-order valence-corrected chi connectivity index (χ3v) is 25.0. The SMILES string of the molecule is C[Si](Cl)(c1ccccc1)[Si](Cl)(Cl)c1ccccc1. The molecule has 1 unspecified atom stereocenters. The van der Waals surface area contributed by atoms with Gasteiger partial charge in [-0.05, 0) is 10.4 Å². The van der Waals surface area contributed by atoms with E-state index in [2.05, 4.69) is 0 Å². The van der Waals surface area contributed by atoms with Gasteiger partial charge in [-0.25, -0.2) is 0 Å². The number of hydrogen-bond donors (Lipinski definition) is 0. The standard InChI is InChI=1S/C13H13Cl3Si2/c1-17(14,12-8-4-2-5-9-12)18(15,16)13-10-6-3-7-11-13/h2-11H,1H3. The van der Waals surface area contributed by atoms with E-state index < -0.39 is 13.1 Å². The molecule has 0 fully saturated rings. The van der Waals surface area contributed by atoms with Crippen LogP contribution in [0.4, 0.5) is 0 Å². The van der Waals surface area contributed by atoms with Gasteiger partial charge >= 0.3 is 0 Å². The van der Waals surface area contributed by atoms with Gasteiger partial charge < -0.3 is 0 Å². The normalized spacial score (nSPS) is 15.1. The van der Waals surface area contributed by atoms with Gasteiger partial charge in [0.25, 0.3) is 6.21 Å². The van der Waals surface area contributed by atoms with Crippen LogP contribution in [-0.4, -0.2) is 13.1 Å². The lowest BCUT2D eigenvalue weighted by molar-refractivity contribution is 1.75. The zero-order valence-electron chi connectivity index (χ0n) is 9.91. The minimum Gasteiger partial charge on any atom is -0.161 e. The molecule has 0 spiro atoms. The molecular weight excluding hydrogens is 319 g/mol. The maximum atomic E-state index is 6.82. The van der Waals surface area contributed by atoms with E-state index in [1.165, 1.54) is 0 Å². The highest BCUT2D eigenvalue weighted by Gasteiger charge is 2.52. The second-order valence-corrected chi connectivity index (χ2v) is 23.0. The lowest BCUT2D eigenvalue weighted by Crippen LogP contribution is -2.64. The Morgan fingerprint density at radius 3 is 1.50 bits per heavy atom. The second kappa shape index (κ2) is 5.39. The first-order valence-corrected chi connectivity index (χ1v) is 14.2. The van der Waals surface area contributed by atoms with E-state index >= 15 is 0 Å². The van der Waals surface area contributed by atoms with Crippen LogP contribution in [0.5, 0.6) is 0 Å². The fourth-order valence-electron chi connectivity index (χ4n) is 1.85. The van der Waals surface area contributed by atoms with Crippen molar-refractivity contribution in [2.24, 2.45) is 0 Å². The number of halogens is 3. The summed E-state index contributed by atoms with van der Waals surface area (Å²) in [5.74, 6) is 0. The molecule has 1 atom stereocenters. The Kier molecular flexibility index (Phi) is 4.24. The third-order valence-electron chi connectivity index (χ3n) is 3.04. The summed E-state index contributed by atoms with van der Waals surface area (Å²) in [4.78, 5) is 0. The summed E-state index contributed by atoms with van der Waals surface area (Å²) in [7, 11) is 0. The van der Waals surface area contributed by atoms with Crippen LogP contribution in [0.3, 0.4) is 0 Å². The molecule has 94 valence electrons. The largest absolute Gasteiger partial charge is 0.289 e. The van der Waals surface area contributed by atoms with Gasteiger partial charge in [-0.2, -0.15) is 11.1 Å². The van der Waals surface area contributed by atoms with Crippen molar-refractivity contribution in [2.75, 3.05) is 0 Å². The van der Waals surface area contributed by atoms with E-state index in [-0.39, 0.29) is 0 Å². The molecule has 5 heteroatoms. The van der Waals surface area contributed by atoms with E-state index in [4.69, 9.17) is 33.2 Å². The summed E-state index contributed by atoms with van der Waals surface area (Å²) in [6, 6.07) is 19.8. The summed E-state index contributed by atoms with van der Waals surface area (Å²) < 4.78 is 0. The molecule has 0 saturated heterocycles. The van der Waals surface area contributed by atoms with E-state index in [9.17, 15) is 0 Å². The Morgan fingerprint density at radius 1 is 0.667 bits per heavy atom. The van der Waals surface area contributed by atoms with Crippen LogP contribution in [0.2, 0.25) is 6.55 Å². The predicted molar refractivity (Wildman–Crippen MR) is 87.1 cm³/mol. The van der Waals surface area contributed by atoms with Crippen LogP contribution >= 0.6 is 33.2 Å². The van der Waals surface area contributed by atoms with E-state index in [0.717, 1.165) is 10.4 Å². The lowest BCUT2D eigenvalue weighted by Gasteiger charge is -2.31. The van der Waals surface area contributed by atoms with Crippen molar-refractivity contribution in [3.63, 3.8) is 0 Å². The van der Waals surface area contributed by atoms with Gasteiger partial charge in [0, 0.05) is 0 Å². The average Bonchev–Trinajstić information content (AvgIpc) is 2.40. The number of rotatable bonds is 3. The monoisotopic (exact) mass is 330 g/mol. The molecule has 0 amide bonds. The van der Waals surface area contributed by atoms with Crippen molar-refractivity contribution < 1.29 is 0 Å². The predicted octanol–water partition coefficient (Wildman–Crippen LogP) is 3.61. The minimum absolute atomic E-state index is 0.987. The zero-order chi connectivity index (χ0) is 13.2. The van der Waals surface area contributed by atoms with Gasteiger partial charge in [0.2, 0.25) is 6.90 Å². The molecule has 2 aromatic carbocycles. The number of hydrogen-bond acceptors (Lipinski definition) is 0. The van der Waals surface area contributed by atoms with E-state index in [1.54, 1.807) is 0 Å². The first kappa shape index (κ1) is 14.2. The highest BCUT2D eigenvalue weighted by Crippen LogP contribution is 2.30. The smallest absolute Gasteiger partial charge is 0.161 e. The van der Waals surface area contributed by atoms with Gasteiger partial charge in [0.15, 0.2) is 0 Å². The van der Waals surface area contributed by atoms with Gasteiger partial charge in [-0.15, -0.1) is 22.2 Å². The van der Waals surface area contributed by atoms with Gasteiger partial charge in [-0.3, -0.25) is 0 Å². The molecule has 2 rings (SSSR count). The zero-order valence-corrected chi connectivity index (χ0v) is 14.2. The Morgan fingerprint density at radius 2 is 1.06 bits per heavy atom. The highest BCUT2D eigenvalue weighted by molar-refractivity contribution is 7.89. The highest BCUT2D eigenvalue weighted by atomic mass is 35.7.